The van der Waals surface area contributed by atoms with Crippen LogP contribution in [0.4, 0.5) is 4.39 Å². The highest BCUT2D eigenvalue weighted by atomic mass is 35.5. The van der Waals surface area contributed by atoms with E-state index in [1.54, 1.807) is 12.1 Å². The van der Waals surface area contributed by atoms with Crippen molar-refractivity contribution in [2.24, 2.45) is 0 Å². The Balaban J connectivity index is 1.48. The summed E-state index contributed by atoms with van der Waals surface area (Å²) in [7, 11) is -3.58. The molecule has 1 saturated heterocycles. The maximum Gasteiger partial charge on any atom is 0.243 e. The minimum atomic E-state index is -3.58. The van der Waals surface area contributed by atoms with Crippen molar-refractivity contribution in [3.8, 4) is 5.75 Å². The number of sulfonamides is 1. The smallest absolute Gasteiger partial charge is 0.243 e. The van der Waals surface area contributed by atoms with Crippen LogP contribution in [0.2, 0.25) is 5.02 Å². The van der Waals surface area contributed by atoms with E-state index in [0.29, 0.717) is 44.4 Å². The molecule has 2 aromatic rings. The van der Waals surface area contributed by atoms with Gasteiger partial charge in [-0.05, 0) is 42.5 Å². The molecule has 0 unspecified atom stereocenters. The van der Waals surface area contributed by atoms with Gasteiger partial charge >= 0.3 is 0 Å². The lowest BCUT2D eigenvalue weighted by Gasteiger charge is -2.33. The van der Waals surface area contributed by atoms with Crippen LogP contribution in [0.3, 0.4) is 0 Å². The molecule has 5 nitrogen and oxygen atoms in total. The van der Waals surface area contributed by atoms with E-state index in [1.165, 1.54) is 16.4 Å². The lowest BCUT2D eigenvalue weighted by atomic mass is 10.3. The molecule has 1 aliphatic heterocycles. The summed E-state index contributed by atoms with van der Waals surface area (Å²) in [5.41, 5.74) is 0. The highest BCUT2D eigenvalue weighted by molar-refractivity contribution is 7.89. The first-order chi connectivity index (χ1) is 12.4. The van der Waals surface area contributed by atoms with E-state index in [2.05, 4.69) is 4.90 Å². The van der Waals surface area contributed by atoms with Crippen molar-refractivity contribution in [2.45, 2.75) is 4.90 Å². The minimum Gasteiger partial charge on any atom is -0.492 e. The minimum absolute atomic E-state index is 0.122. The molecule has 0 bridgehead atoms. The van der Waals surface area contributed by atoms with Crippen LogP contribution in [0, 0.1) is 5.82 Å². The van der Waals surface area contributed by atoms with Crippen molar-refractivity contribution in [3.05, 3.63) is 59.4 Å². The van der Waals surface area contributed by atoms with E-state index < -0.39 is 15.8 Å². The van der Waals surface area contributed by atoms with Crippen LogP contribution < -0.4 is 4.74 Å². The first-order valence-electron chi connectivity index (χ1n) is 8.31. The fourth-order valence-electron chi connectivity index (χ4n) is 2.80. The predicted molar refractivity (Wildman–Crippen MR) is 98.5 cm³/mol. The molecule has 1 aliphatic rings. The van der Waals surface area contributed by atoms with Gasteiger partial charge in [-0.2, -0.15) is 4.31 Å². The summed E-state index contributed by atoms with van der Waals surface area (Å²) in [4.78, 5) is 2.28. The Labute approximate surface area is 158 Å². The summed E-state index contributed by atoms with van der Waals surface area (Å²) >= 11 is 5.92. The summed E-state index contributed by atoms with van der Waals surface area (Å²) in [6, 6.07) is 12.2. The number of benzene rings is 2. The SMILES string of the molecule is O=S(=O)(c1ccc(F)cc1)N1CCN(CCOc2cccc(Cl)c2)CC1. The van der Waals surface area contributed by atoms with Gasteiger partial charge in [-0.1, -0.05) is 17.7 Å². The lowest BCUT2D eigenvalue weighted by molar-refractivity contribution is 0.159. The molecule has 3 rings (SSSR count). The number of ether oxygens (including phenoxy) is 1. The average molecular weight is 399 g/mol. The number of halogens is 2. The Morgan fingerprint density at radius 2 is 1.73 bits per heavy atom. The van der Waals surface area contributed by atoms with Crippen LogP contribution in [0.25, 0.3) is 0 Å². The van der Waals surface area contributed by atoms with E-state index in [1.807, 2.05) is 12.1 Å². The van der Waals surface area contributed by atoms with E-state index in [0.717, 1.165) is 17.9 Å². The third-order valence-corrected chi connectivity index (χ3v) is 6.40. The Hall–Kier alpha value is -1.67. The number of rotatable bonds is 6. The third kappa shape index (κ3) is 4.73. The van der Waals surface area contributed by atoms with Gasteiger partial charge < -0.3 is 4.74 Å². The summed E-state index contributed by atoms with van der Waals surface area (Å²) in [5, 5.41) is 0.627. The molecule has 0 radical (unpaired) electrons. The van der Waals surface area contributed by atoms with Gasteiger partial charge in [0.15, 0.2) is 0 Å². The Kier molecular flexibility index (Phi) is 6.13. The maximum atomic E-state index is 13.0. The molecule has 0 aliphatic carbocycles. The largest absolute Gasteiger partial charge is 0.492 e. The van der Waals surface area contributed by atoms with Gasteiger partial charge in [0.05, 0.1) is 4.90 Å². The molecule has 1 heterocycles. The van der Waals surface area contributed by atoms with E-state index in [9.17, 15) is 12.8 Å². The third-order valence-electron chi connectivity index (χ3n) is 4.25. The van der Waals surface area contributed by atoms with Gasteiger partial charge in [0.25, 0.3) is 0 Å². The molecule has 0 amide bonds. The zero-order chi connectivity index (χ0) is 18.6. The second-order valence-electron chi connectivity index (χ2n) is 6.01. The Morgan fingerprint density at radius 3 is 2.38 bits per heavy atom. The average Bonchev–Trinajstić information content (AvgIpc) is 2.63. The van der Waals surface area contributed by atoms with Crippen molar-refractivity contribution >= 4 is 21.6 Å². The summed E-state index contributed by atoms with van der Waals surface area (Å²) in [6.07, 6.45) is 0. The molecule has 0 saturated carbocycles. The van der Waals surface area contributed by atoms with Crippen LogP contribution in [-0.4, -0.2) is 57.0 Å². The van der Waals surface area contributed by atoms with Crippen LogP contribution >= 0.6 is 11.6 Å². The number of hydrogen-bond acceptors (Lipinski definition) is 4. The van der Waals surface area contributed by atoms with Gasteiger partial charge in [0.1, 0.15) is 18.2 Å². The number of nitrogens with zero attached hydrogens (tertiary/aromatic N) is 2. The quantitative estimate of drug-likeness (QED) is 0.750. The monoisotopic (exact) mass is 398 g/mol. The van der Waals surface area contributed by atoms with Crippen LogP contribution in [0.5, 0.6) is 5.75 Å². The molecule has 140 valence electrons. The Morgan fingerprint density at radius 1 is 1.04 bits per heavy atom. The predicted octanol–water partition coefficient (Wildman–Crippen LogP) is 2.86. The van der Waals surface area contributed by atoms with Crippen LogP contribution in [-0.2, 0) is 10.0 Å². The molecule has 0 N–H and O–H groups in total. The summed E-state index contributed by atoms with van der Waals surface area (Å²) in [5.74, 6) is 0.267. The Bertz CT molecular complexity index is 838. The molecule has 2 aromatic carbocycles. The fourth-order valence-corrected chi connectivity index (χ4v) is 4.40. The molecule has 26 heavy (non-hydrogen) atoms. The molecular formula is C18H20ClFN2O3S. The fraction of sp³-hybridized carbons (Fsp3) is 0.333. The molecule has 1 fully saturated rings. The van der Waals surface area contributed by atoms with Crippen molar-refractivity contribution in [3.63, 3.8) is 0 Å². The summed E-state index contributed by atoms with van der Waals surface area (Å²) < 4.78 is 45.3. The zero-order valence-corrected chi connectivity index (χ0v) is 15.7. The second-order valence-corrected chi connectivity index (χ2v) is 8.38. The molecule has 0 spiro atoms. The molecular weight excluding hydrogens is 379 g/mol. The maximum absolute atomic E-state index is 13.0. The zero-order valence-electron chi connectivity index (χ0n) is 14.1. The van der Waals surface area contributed by atoms with E-state index in [-0.39, 0.29) is 4.90 Å². The normalized spacial score (nSPS) is 16.5. The topological polar surface area (TPSA) is 49.9 Å². The first kappa shape index (κ1) is 19.1. The van der Waals surface area contributed by atoms with Crippen LogP contribution in [0.1, 0.15) is 0 Å². The highest BCUT2D eigenvalue weighted by Crippen LogP contribution is 2.19. The number of hydrogen-bond donors (Lipinski definition) is 0. The summed E-state index contributed by atoms with van der Waals surface area (Å²) in [6.45, 7) is 3.26. The molecule has 0 aromatic heterocycles. The van der Waals surface area contributed by atoms with Gasteiger partial charge in [-0.15, -0.1) is 0 Å². The van der Waals surface area contributed by atoms with Gasteiger partial charge in [0.2, 0.25) is 10.0 Å². The standard InChI is InChI=1S/C18H20ClFN2O3S/c19-15-2-1-3-17(14-15)25-13-12-21-8-10-22(11-9-21)26(23,24)18-6-4-16(20)5-7-18/h1-7,14H,8-13H2. The van der Waals surface area contributed by atoms with Crippen molar-refractivity contribution in [2.75, 3.05) is 39.3 Å². The molecule has 0 atom stereocenters. The van der Waals surface area contributed by atoms with Crippen LogP contribution in [0.15, 0.2) is 53.4 Å². The number of piperazine rings is 1. The highest BCUT2D eigenvalue weighted by Gasteiger charge is 2.28. The van der Waals surface area contributed by atoms with Gasteiger partial charge in [-0.25, -0.2) is 12.8 Å². The van der Waals surface area contributed by atoms with Crippen molar-refractivity contribution in [1.82, 2.24) is 9.21 Å². The second kappa shape index (κ2) is 8.35. The van der Waals surface area contributed by atoms with Crippen molar-refractivity contribution < 1.29 is 17.5 Å². The van der Waals surface area contributed by atoms with Gasteiger partial charge in [-0.3, -0.25) is 4.90 Å². The van der Waals surface area contributed by atoms with Crippen molar-refractivity contribution in [1.29, 1.82) is 0 Å². The lowest BCUT2D eigenvalue weighted by Crippen LogP contribution is -2.49. The van der Waals surface area contributed by atoms with E-state index in [4.69, 9.17) is 16.3 Å². The molecule has 8 heteroatoms. The van der Waals surface area contributed by atoms with Gasteiger partial charge in [0, 0.05) is 37.7 Å². The van der Waals surface area contributed by atoms with E-state index >= 15 is 0 Å². The first-order valence-corrected chi connectivity index (χ1v) is 10.1.